The van der Waals surface area contributed by atoms with Crippen molar-refractivity contribution in [3.63, 3.8) is 0 Å². The van der Waals surface area contributed by atoms with Crippen LogP contribution in [0, 0.1) is 13.8 Å². The van der Waals surface area contributed by atoms with Gasteiger partial charge in [0.1, 0.15) is 31.4 Å². The molecule has 3 heterocycles. The molecule has 0 amide bonds. The van der Waals surface area contributed by atoms with Crippen LogP contribution in [0.25, 0.3) is 16.8 Å². The molecule has 0 fully saturated rings. The van der Waals surface area contributed by atoms with Gasteiger partial charge in [0.15, 0.2) is 6.20 Å². The number of allylic oxidation sites excluding steroid dienone is 1. The third-order valence-electron chi connectivity index (χ3n) is 6.16. The van der Waals surface area contributed by atoms with Gasteiger partial charge >= 0.3 is 0 Å². The molecule has 0 aliphatic carbocycles. The molecule has 2 aromatic carbocycles. The molecule has 0 unspecified atom stereocenters. The van der Waals surface area contributed by atoms with Gasteiger partial charge < -0.3 is 9.45 Å². The number of nitrogens with zero attached hydrogens (tertiary/aromatic N) is 3. The number of pyridine rings is 1. The monoisotopic (exact) mass is 579 g/mol. The van der Waals surface area contributed by atoms with Crippen LogP contribution >= 0.6 is 23.1 Å². The minimum atomic E-state index is -4.27. The molecule has 5 rings (SSSR count). The van der Waals surface area contributed by atoms with Gasteiger partial charge in [0, 0.05) is 31.0 Å². The average molecular weight is 580 g/mol. The third-order valence-corrected chi connectivity index (χ3v) is 9.38. The maximum atomic E-state index is 13.5. The molecule has 2 aromatic heterocycles. The zero-order valence-electron chi connectivity index (χ0n) is 22.3. The molecule has 202 valence electrons. The van der Waals surface area contributed by atoms with Gasteiger partial charge in [-0.1, -0.05) is 47.2 Å². The predicted molar refractivity (Wildman–Crippen MR) is 157 cm³/mol. The van der Waals surface area contributed by atoms with Crippen LogP contribution in [0.3, 0.4) is 0 Å². The average Bonchev–Trinajstić information content (AvgIpc) is 3.39. The number of aryl methyl sites for hydroxylation is 3. The van der Waals surface area contributed by atoms with Gasteiger partial charge in [-0.2, -0.15) is 0 Å². The maximum Gasteiger partial charge on any atom is 0.276 e. The predicted octanol–water partition coefficient (Wildman–Crippen LogP) is 3.37. The normalized spacial score (nSPS) is 15.2. The summed E-state index contributed by atoms with van der Waals surface area (Å²) in [7, 11) is -0.247. The Hall–Kier alpha value is -3.44. The molecule has 10 heteroatoms. The molecule has 0 N–H and O–H groups in total. The van der Waals surface area contributed by atoms with Gasteiger partial charge in [-0.3, -0.25) is 9.36 Å². The summed E-state index contributed by atoms with van der Waals surface area (Å²) in [5.74, 6) is 0. The Kier molecular flexibility index (Phi) is 8.60. The zero-order valence-corrected chi connectivity index (χ0v) is 24.7. The molecule has 0 saturated carbocycles. The van der Waals surface area contributed by atoms with E-state index in [1.807, 2.05) is 68.2 Å². The van der Waals surface area contributed by atoms with Crippen molar-refractivity contribution in [2.24, 2.45) is 7.05 Å². The molecule has 0 spiro atoms. The van der Waals surface area contributed by atoms with Crippen molar-refractivity contribution >= 4 is 44.3 Å². The highest BCUT2D eigenvalue weighted by atomic mass is 32.2. The Morgan fingerprint density at radius 1 is 0.923 bits per heavy atom. The highest BCUT2D eigenvalue weighted by Crippen LogP contribution is 2.32. The van der Waals surface area contributed by atoms with E-state index in [2.05, 4.69) is 40.9 Å². The quantitative estimate of drug-likeness (QED) is 0.273. The molecule has 39 heavy (non-hydrogen) atoms. The molecule has 7 nitrogen and oxygen atoms in total. The minimum Gasteiger partial charge on any atom is -0.744 e. The minimum absolute atomic E-state index is 0.0242. The van der Waals surface area contributed by atoms with Gasteiger partial charge in [0.25, 0.3) is 5.56 Å². The van der Waals surface area contributed by atoms with Crippen molar-refractivity contribution in [1.82, 2.24) is 9.47 Å². The molecule has 0 bridgehead atoms. The first-order valence-corrected chi connectivity index (χ1v) is 15.2. The van der Waals surface area contributed by atoms with Crippen molar-refractivity contribution in [3.8, 4) is 5.69 Å². The van der Waals surface area contributed by atoms with Crippen molar-refractivity contribution in [1.29, 1.82) is 0 Å². The number of aromatic nitrogens is 2. The zero-order chi connectivity index (χ0) is 28.3. The lowest BCUT2D eigenvalue weighted by atomic mass is 10.2. The smallest absolute Gasteiger partial charge is 0.276 e. The standard InChI is InChI=1S/C22H22N3OS2.C7H8O3S/c1-15-8-10-17(11-9-15)25-19(13-18-7-5-6-12-23(18)3)28-20(21(25)26)22-24(4)16(2)14-27-22;1-6-2-4-7(5-3-6)11(8,9)10/h5-14H,1-4H3;2-5H,1H3,(H,8,9,10)/q+1;/p-1/b22-20+;. The van der Waals surface area contributed by atoms with E-state index < -0.39 is 10.1 Å². The lowest BCUT2D eigenvalue weighted by molar-refractivity contribution is -0.673. The third kappa shape index (κ3) is 6.59. The fourth-order valence-electron chi connectivity index (χ4n) is 3.75. The lowest BCUT2D eigenvalue weighted by Crippen LogP contribution is -2.34. The van der Waals surface area contributed by atoms with Crippen molar-refractivity contribution in [3.05, 3.63) is 120 Å². The van der Waals surface area contributed by atoms with Crippen LogP contribution in [0.15, 0.2) is 93.7 Å². The first-order valence-electron chi connectivity index (χ1n) is 12.0. The molecule has 1 aliphatic rings. The fraction of sp³-hybridized carbons (Fsp3) is 0.172. The van der Waals surface area contributed by atoms with E-state index in [9.17, 15) is 17.8 Å². The molecule has 1 aliphatic heterocycles. The van der Waals surface area contributed by atoms with Crippen LogP contribution < -0.4 is 19.3 Å². The van der Waals surface area contributed by atoms with Crippen LogP contribution in [-0.4, -0.2) is 29.5 Å². The fourth-order valence-corrected chi connectivity index (χ4v) is 6.49. The molecule has 0 atom stereocenters. The summed E-state index contributed by atoms with van der Waals surface area (Å²) < 4.78 is 36.7. The first-order chi connectivity index (χ1) is 18.5. The Balaban J connectivity index is 0.000000270. The number of hydrogen-bond donors (Lipinski definition) is 0. The van der Waals surface area contributed by atoms with Gasteiger partial charge in [-0.05, 0) is 56.5 Å². The van der Waals surface area contributed by atoms with Gasteiger partial charge in [-0.15, -0.1) is 11.3 Å². The second-order valence-electron chi connectivity index (χ2n) is 9.13. The Morgan fingerprint density at radius 3 is 2.08 bits per heavy atom. The van der Waals surface area contributed by atoms with Crippen LogP contribution in [0.5, 0.6) is 0 Å². The van der Waals surface area contributed by atoms with Gasteiger partial charge in [0.05, 0.1) is 10.6 Å². The van der Waals surface area contributed by atoms with Gasteiger partial charge in [0.2, 0.25) is 5.69 Å². The van der Waals surface area contributed by atoms with E-state index >= 15 is 0 Å². The summed E-state index contributed by atoms with van der Waals surface area (Å²) in [5, 5.41) is 3.08. The van der Waals surface area contributed by atoms with Gasteiger partial charge in [-0.25, -0.2) is 13.0 Å². The highest BCUT2D eigenvalue weighted by molar-refractivity contribution is 8.10. The molecule has 4 aromatic rings. The molecular weight excluding hydrogens is 551 g/mol. The Morgan fingerprint density at radius 2 is 1.54 bits per heavy atom. The van der Waals surface area contributed by atoms with Crippen LogP contribution in [-0.2, 0) is 17.2 Å². The summed E-state index contributed by atoms with van der Waals surface area (Å²) in [6.45, 7) is 5.93. The van der Waals surface area contributed by atoms with E-state index in [-0.39, 0.29) is 10.5 Å². The number of benzene rings is 2. The van der Waals surface area contributed by atoms with E-state index in [0.717, 1.165) is 36.9 Å². The van der Waals surface area contributed by atoms with Crippen molar-refractivity contribution in [2.75, 3.05) is 7.05 Å². The molecule has 0 saturated heterocycles. The number of thioether (sulfide) groups is 1. The number of rotatable bonds is 3. The lowest BCUT2D eigenvalue weighted by Gasteiger charge is -2.12. The van der Waals surface area contributed by atoms with E-state index in [0.29, 0.717) is 0 Å². The Bertz CT molecular complexity index is 1820. The van der Waals surface area contributed by atoms with E-state index in [1.165, 1.54) is 17.7 Å². The van der Waals surface area contributed by atoms with Crippen LogP contribution in [0.1, 0.15) is 23.7 Å². The summed E-state index contributed by atoms with van der Waals surface area (Å²) in [4.78, 5) is 15.4. The maximum absolute atomic E-state index is 13.5. The molecular formula is C29H29N3O4S3. The summed E-state index contributed by atoms with van der Waals surface area (Å²) in [6.07, 6.45) is 4.09. The topological polar surface area (TPSA) is 86.3 Å². The second-order valence-corrected chi connectivity index (χ2v) is 12.4. The highest BCUT2D eigenvalue weighted by Gasteiger charge is 2.19. The number of hydrogen-bond acceptors (Lipinski definition) is 7. The first kappa shape index (κ1) is 28.6. The van der Waals surface area contributed by atoms with Crippen molar-refractivity contribution < 1.29 is 17.5 Å². The molecule has 0 radical (unpaired) electrons. The SMILES string of the molecule is CC1=CS/C(=c2/s/c(=C\c3cccc[n+]3C)n(-c3ccc(C)cc3)c2=O)N1C.Cc1ccc(S(=O)(=O)[O-])cc1. The van der Waals surface area contributed by atoms with E-state index in [4.69, 9.17) is 0 Å². The van der Waals surface area contributed by atoms with Crippen molar-refractivity contribution in [2.45, 2.75) is 25.7 Å². The summed E-state index contributed by atoms with van der Waals surface area (Å²) in [5.41, 5.74) is 5.21. The summed E-state index contributed by atoms with van der Waals surface area (Å²) >= 11 is 3.15. The number of thiazole rings is 1. The largest absolute Gasteiger partial charge is 0.744 e. The van der Waals surface area contributed by atoms with Crippen LogP contribution in [0.4, 0.5) is 0 Å². The van der Waals surface area contributed by atoms with E-state index in [1.54, 1.807) is 35.2 Å². The summed E-state index contributed by atoms with van der Waals surface area (Å²) in [6, 6.07) is 19.9. The van der Waals surface area contributed by atoms with Crippen LogP contribution in [0.2, 0.25) is 0 Å². The Labute approximate surface area is 236 Å². The second kappa shape index (κ2) is 11.7.